The molecule has 4 heteroatoms. The molecule has 0 saturated carbocycles. The van der Waals surface area contributed by atoms with Gasteiger partial charge in [0.1, 0.15) is 0 Å². The first-order valence-electron chi connectivity index (χ1n) is 2.64. The van der Waals surface area contributed by atoms with Gasteiger partial charge in [-0.3, -0.25) is 0 Å². The lowest BCUT2D eigenvalue weighted by Gasteiger charge is -2.18. The van der Waals surface area contributed by atoms with Gasteiger partial charge in [0, 0.05) is 17.3 Å². The monoisotopic (exact) mass is 150 g/mol. The largest absolute Gasteiger partial charge is 0.333 e. The summed E-state index contributed by atoms with van der Waals surface area (Å²) in [5.41, 5.74) is -0.223. The van der Waals surface area contributed by atoms with Crippen LogP contribution in [0, 0.1) is 0 Å². The number of nitrogens with one attached hydrogen (secondary N) is 2. The molecule has 0 atom stereocenters. The van der Waals surface area contributed by atoms with Crippen LogP contribution in [0.1, 0.15) is 20.8 Å². The highest BCUT2D eigenvalue weighted by Gasteiger charge is 2.11. The molecule has 2 amide bonds. The van der Waals surface area contributed by atoms with E-state index in [1.54, 1.807) is 0 Å². The van der Waals surface area contributed by atoms with Crippen LogP contribution in [0.3, 0.4) is 0 Å². The van der Waals surface area contributed by atoms with Crippen molar-refractivity contribution in [1.29, 1.82) is 0 Å². The van der Waals surface area contributed by atoms with E-state index in [-0.39, 0.29) is 11.6 Å². The number of carbonyl (C=O) groups excluding carboxylic acids is 1. The number of hydrogen-bond donors (Lipinski definition) is 2. The minimum Gasteiger partial charge on any atom is -0.333 e. The lowest BCUT2D eigenvalue weighted by molar-refractivity contribution is 0.237. The van der Waals surface area contributed by atoms with Crippen LogP contribution in [0.25, 0.3) is 0 Å². The summed E-state index contributed by atoms with van der Waals surface area (Å²) in [7, 11) is 0. The van der Waals surface area contributed by atoms with Crippen LogP contribution in [-0.4, -0.2) is 11.6 Å². The number of rotatable bonds is 0. The third-order valence-electron chi connectivity index (χ3n) is 0.574. The number of halogens is 1. The van der Waals surface area contributed by atoms with Crippen molar-refractivity contribution in [3.8, 4) is 0 Å². The standard InChI is InChI=1S/C5H11ClN2O/c1-5(2,3)7-4(9)8-6/h1-3H3,(H2,7,8,9). The summed E-state index contributed by atoms with van der Waals surface area (Å²) in [6, 6.07) is -0.371. The molecule has 0 aromatic rings. The smallest absolute Gasteiger partial charge is 0.329 e. The Morgan fingerprint density at radius 1 is 1.44 bits per heavy atom. The molecule has 0 unspecified atom stereocenters. The van der Waals surface area contributed by atoms with Crippen LogP contribution in [-0.2, 0) is 0 Å². The van der Waals surface area contributed by atoms with Crippen molar-refractivity contribution in [3.63, 3.8) is 0 Å². The summed E-state index contributed by atoms with van der Waals surface area (Å²) in [6.07, 6.45) is 0. The maximum Gasteiger partial charge on any atom is 0.329 e. The minimum atomic E-state index is -0.371. The van der Waals surface area contributed by atoms with Gasteiger partial charge in [-0.15, -0.1) is 0 Å². The molecule has 0 aliphatic heterocycles. The van der Waals surface area contributed by atoms with E-state index in [4.69, 9.17) is 11.8 Å². The molecule has 0 radical (unpaired) electrons. The average molecular weight is 151 g/mol. The van der Waals surface area contributed by atoms with Crippen LogP contribution < -0.4 is 10.2 Å². The van der Waals surface area contributed by atoms with Crippen molar-refractivity contribution in [1.82, 2.24) is 10.2 Å². The maximum atomic E-state index is 10.5. The first kappa shape index (κ1) is 8.56. The van der Waals surface area contributed by atoms with Crippen LogP contribution in [0.4, 0.5) is 4.79 Å². The van der Waals surface area contributed by atoms with E-state index in [0.717, 1.165) is 0 Å². The first-order valence-corrected chi connectivity index (χ1v) is 3.02. The van der Waals surface area contributed by atoms with E-state index in [1.807, 2.05) is 25.6 Å². The normalized spacial score (nSPS) is 10.7. The fraction of sp³-hybridized carbons (Fsp3) is 0.800. The van der Waals surface area contributed by atoms with Gasteiger partial charge in [0.2, 0.25) is 0 Å². The molecule has 0 fully saturated rings. The van der Waals surface area contributed by atoms with Gasteiger partial charge in [-0.2, -0.15) is 0 Å². The molecule has 0 aliphatic rings. The molecule has 0 bridgehead atoms. The van der Waals surface area contributed by atoms with E-state index < -0.39 is 0 Å². The predicted molar refractivity (Wildman–Crippen MR) is 37.3 cm³/mol. The zero-order chi connectivity index (χ0) is 7.49. The zero-order valence-corrected chi connectivity index (χ0v) is 6.54. The highest BCUT2D eigenvalue weighted by molar-refractivity contribution is 6.21. The predicted octanol–water partition coefficient (Wildman–Crippen LogP) is 1.24. The van der Waals surface area contributed by atoms with Gasteiger partial charge in [0.15, 0.2) is 0 Å². The summed E-state index contributed by atoms with van der Waals surface area (Å²) in [6.45, 7) is 5.62. The Hall–Kier alpha value is -0.440. The van der Waals surface area contributed by atoms with Gasteiger partial charge in [-0.1, -0.05) is 0 Å². The van der Waals surface area contributed by atoms with E-state index in [2.05, 4.69) is 5.32 Å². The summed E-state index contributed by atoms with van der Waals surface area (Å²) < 4.78 is 0. The molecule has 54 valence electrons. The number of urea groups is 1. The van der Waals surface area contributed by atoms with Crippen molar-refractivity contribution < 1.29 is 4.79 Å². The molecular formula is C5H11ClN2O. The van der Waals surface area contributed by atoms with Gasteiger partial charge in [0.05, 0.1) is 0 Å². The van der Waals surface area contributed by atoms with Gasteiger partial charge >= 0.3 is 6.03 Å². The summed E-state index contributed by atoms with van der Waals surface area (Å²) >= 11 is 5.00. The molecule has 0 aliphatic carbocycles. The van der Waals surface area contributed by atoms with Crippen LogP contribution in [0.15, 0.2) is 0 Å². The first-order chi connectivity index (χ1) is 3.95. The fourth-order valence-electron chi connectivity index (χ4n) is 0.364. The second kappa shape index (κ2) is 2.92. The van der Waals surface area contributed by atoms with Crippen molar-refractivity contribution in [2.75, 3.05) is 0 Å². The van der Waals surface area contributed by atoms with Gasteiger partial charge in [-0.05, 0) is 20.8 Å². The van der Waals surface area contributed by atoms with Crippen molar-refractivity contribution in [2.45, 2.75) is 26.3 Å². The fourth-order valence-corrected chi connectivity index (χ4v) is 0.411. The zero-order valence-electron chi connectivity index (χ0n) is 5.79. The topological polar surface area (TPSA) is 41.1 Å². The van der Waals surface area contributed by atoms with Crippen LogP contribution >= 0.6 is 11.8 Å². The highest BCUT2D eigenvalue weighted by atomic mass is 35.5. The molecule has 0 rings (SSSR count). The molecule has 0 spiro atoms. The van der Waals surface area contributed by atoms with Crippen LogP contribution in [0.2, 0.25) is 0 Å². The molecule has 2 N–H and O–H groups in total. The Labute approximate surface area is 59.9 Å². The summed E-state index contributed by atoms with van der Waals surface area (Å²) in [5.74, 6) is 0. The Kier molecular flexibility index (Phi) is 2.77. The number of amides is 2. The molecule has 0 saturated heterocycles. The third-order valence-corrected chi connectivity index (χ3v) is 0.746. The molecule has 3 nitrogen and oxygen atoms in total. The Bertz CT molecular complexity index is 108. The molecule has 0 heterocycles. The summed E-state index contributed by atoms with van der Waals surface area (Å²) in [4.78, 5) is 12.4. The SMILES string of the molecule is CC(C)(C)NC(=O)NCl. The number of hydrogen-bond acceptors (Lipinski definition) is 1. The van der Waals surface area contributed by atoms with E-state index in [9.17, 15) is 4.79 Å². The van der Waals surface area contributed by atoms with Crippen molar-refractivity contribution in [2.24, 2.45) is 0 Å². The second-order valence-corrected chi connectivity index (χ2v) is 2.99. The lowest BCUT2D eigenvalue weighted by atomic mass is 10.1. The second-order valence-electron chi connectivity index (χ2n) is 2.80. The Balaban J connectivity index is 3.60. The average Bonchev–Trinajstić information content (AvgIpc) is 1.62. The van der Waals surface area contributed by atoms with E-state index >= 15 is 0 Å². The molecular weight excluding hydrogens is 140 g/mol. The van der Waals surface area contributed by atoms with E-state index in [1.165, 1.54) is 0 Å². The van der Waals surface area contributed by atoms with Crippen molar-refractivity contribution in [3.05, 3.63) is 0 Å². The van der Waals surface area contributed by atoms with Gasteiger partial charge in [-0.25, -0.2) is 9.63 Å². The van der Waals surface area contributed by atoms with Gasteiger partial charge in [0.25, 0.3) is 0 Å². The Morgan fingerprint density at radius 3 is 2.00 bits per heavy atom. The Morgan fingerprint density at radius 2 is 1.89 bits per heavy atom. The number of carbonyl (C=O) groups is 1. The third kappa shape index (κ3) is 5.43. The minimum absolute atomic E-state index is 0.223. The quantitative estimate of drug-likeness (QED) is 0.502. The van der Waals surface area contributed by atoms with E-state index in [0.29, 0.717) is 0 Å². The maximum absolute atomic E-state index is 10.5. The molecule has 0 aromatic heterocycles. The highest BCUT2D eigenvalue weighted by Crippen LogP contribution is 1.96. The van der Waals surface area contributed by atoms with Crippen LogP contribution in [0.5, 0.6) is 0 Å². The van der Waals surface area contributed by atoms with Crippen molar-refractivity contribution >= 4 is 17.8 Å². The van der Waals surface area contributed by atoms with Gasteiger partial charge < -0.3 is 5.32 Å². The molecule has 9 heavy (non-hydrogen) atoms. The lowest BCUT2D eigenvalue weighted by Crippen LogP contribution is -2.43. The molecule has 0 aromatic carbocycles. The summed E-state index contributed by atoms with van der Waals surface area (Å²) in [5, 5.41) is 2.59.